The summed E-state index contributed by atoms with van der Waals surface area (Å²) < 4.78 is 39.0. The van der Waals surface area contributed by atoms with E-state index in [2.05, 4.69) is 15.3 Å². The normalized spacial score (nSPS) is 14.2. The Morgan fingerprint density at radius 2 is 2.00 bits per heavy atom. The summed E-state index contributed by atoms with van der Waals surface area (Å²) in [5.74, 6) is 0.537. The van der Waals surface area contributed by atoms with E-state index in [1.807, 2.05) is 0 Å². The molecule has 0 aliphatic heterocycles. The molecule has 124 valence electrons. The Labute approximate surface area is 144 Å². The van der Waals surface area contributed by atoms with Crippen molar-refractivity contribution < 1.29 is 13.2 Å². The van der Waals surface area contributed by atoms with Crippen molar-refractivity contribution in [1.82, 2.24) is 9.97 Å². The van der Waals surface area contributed by atoms with Crippen LogP contribution in [-0.4, -0.2) is 9.97 Å². The molecule has 1 aliphatic carbocycles. The molecule has 2 heterocycles. The van der Waals surface area contributed by atoms with E-state index in [0.717, 1.165) is 35.5 Å². The highest BCUT2D eigenvalue weighted by atomic mass is 35.5. The number of alkyl halides is 3. The van der Waals surface area contributed by atoms with Crippen molar-refractivity contribution in [2.45, 2.75) is 25.4 Å². The summed E-state index contributed by atoms with van der Waals surface area (Å²) in [6.45, 7) is 0. The number of hydrogen-bond donors (Lipinski definition) is 1. The number of thiophene rings is 1. The third kappa shape index (κ3) is 2.61. The number of fused-ring (bicyclic) bond motifs is 3. The summed E-state index contributed by atoms with van der Waals surface area (Å²) in [4.78, 5) is 10.7. The van der Waals surface area contributed by atoms with E-state index < -0.39 is 11.7 Å². The lowest BCUT2D eigenvalue weighted by molar-refractivity contribution is -0.137. The van der Waals surface area contributed by atoms with Crippen LogP contribution in [0.3, 0.4) is 0 Å². The molecule has 0 fully saturated rings. The average Bonchev–Trinajstić information content (AvgIpc) is 3.08. The van der Waals surface area contributed by atoms with Crippen LogP contribution >= 0.6 is 22.9 Å². The zero-order valence-electron chi connectivity index (χ0n) is 12.2. The highest BCUT2D eigenvalue weighted by Gasteiger charge is 2.33. The Balaban J connectivity index is 1.78. The molecule has 0 bridgehead atoms. The van der Waals surface area contributed by atoms with Crippen LogP contribution in [0.5, 0.6) is 0 Å². The molecule has 0 saturated heterocycles. The molecule has 1 aliphatic rings. The van der Waals surface area contributed by atoms with Gasteiger partial charge in [0.15, 0.2) is 0 Å². The van der Waals surface area contributed by atoms with Gasteiger partial charge >= 0.3 is 6.18 Å². The van der Waals surface area contributed by atoms with Gasteiger partial charge in [0.05, 0.1) is 16.0 Å². The van der Waals surface area contributed by atoms with Gasteiger partial charge in [-0.1, -0.05) is 11.6 Å². The van der Waals surface area contributed by atoms with Crippen LogP contribution < -0.4 is 5.32 Å². The van der Waals surface area contributed by atoms with Gasteiger partial charge in [-0.2, -0.15) is 13.2 Å². The number of halogens is 4. The number of rotatable bonds is 2. The predicted octanol–water partition coefficient (Wildman–Crippen LogP) is 5.60. The molecule has 3 nitrogen and oxygen atoms in total. The first-order valence-corrected chi connectivity index (χ1v) is 8.52. The van der Waals surface area contributed by atoms with E-state index >= 15 is 0 Å². The highest BCUT2D eigenvalue weighted by Crippen LogP contribution is 2.41. The summed E-state index contributed by atoms with van der Waals surface area (Å²) >= 11 is 7.30. The molecule has 0 spiro atoms. The number of anilines is 2. The second-order valence-corrected chi connectivity index (χ2v) is 7.07. The van der Waals surface area contributed by atoms with Crippen LogP contribution in [0, 0.1) is 0 Å². The first-order chi connectivity index (χ1) is 11.4. The molecule has 1 N–H and O–H groups in total. The quantitative estimate of drug-likeness (QED) is 0.639. The fourth-order valence-corrected chi connectivity index (χ4v) is 4.43. The second kappa shape index (κ2) is 5.60. The minimum atomic E-state index is -4.50. The summed E-state index contributed by atoms with van der Waals surface area (Å²) in [6.07, 6.45) is -0.0122. The lowest BCUT2D eigenvalue weighted by Gasteiger charge is -2.12. The van der Waals surface area contributed by atoms with Crippen molar-refractivity contribution in [3.05, 3.63) is 45.6 Å². The van der Waals surface area contributed by atoms with Crippen molar-refractivity contribution in [3.63, 3.8) is 0 Å². The van der Waals surface area contributed by atoms with Gasteiger partial charge in [0.2, 0.25) is 0 Å². The van der Waals surface area contributed by atoms with Gasteiger partial charge in [-0.05, 0) is 43.0 Å². The third-order valence-electron chi connectivity index (χ3n) is 4.04. The average molecular weight is 370 g/mol. The van der Waals surface area contributed by atoms with Gasteiger partial charge in [0.1, 0.15) is 17.0 Å². The van der Waals surface area contributed by atoms with Crippen LogP contribution in [-0.2, 0) is 19.0 Å². The molecular weight excluding hydrogens is 359 g/mol. The fourth-order valence-electron chi connectivity index (χ4n) is 2.98. The lowest BCUT2D eigenvalue weighted by atomic mass is 10.1. The SMILES string of the molecule is FC(F)(F)c1cc(Nc2ncnc3sc4c(c23)CCC4)ccc1Cl. The van der Waals surface area contributed by atoms with Crippen LogP contribution in [0.4, 0.5) is 24.7 Å². The Hall–Kier alpha value is -1.86. The monoisotopic (exact) mass is 369 g/mol. The van der Waals surface area contributed by atoms with E-state index in [9.17, 15) is 13.2 Å². The molecule has 24 heavy (non-hydrogen) atoms. The largest absolute Gasteiger partial charge is 0.417 e. The smallest absolute Gasteiger partial charge is 0.340 e. The van der Waals surface area contributed by atoms with Gasteiger partial charge in [-0.15, -0.1) is 11.3 Å². The zero-order chi connectivity index (χ0) is 16.9. The summed E-state index contributed by atoms with van der Waals surface area (Å²) in [6, 6.07) is 3.75. The maximum atomic E-state index is 13.0. The highest BCUT2D eigenvalue weighted by molar-refractivity contribution is 7.19. The molecule has 0 amide bonds. The molecule has 4 rings (SSSR count). The van der Waals surface area contributed by atoms with E-state index in [-0.39, 0.29) is 5.02 Å². The molecule has 2 aromatic heterocycles. The molecule has 8 heteroatoms. The summed E-state index contributed by atoms with van der Waals surface area (Å²) in [5.41, 5.74) is 0.641. The van der Waals surface area contributed by atoms with Crippen molar-refractivity contribution in [2.75, 3.05) is 5.32 Å². The van der Waals surface area contributed by atoms with E-state index in [1.165, 1.54) is 28.9 Å². The standard InChI is InChI=1S/C16H11ClF3N3S/c17-11-5-4-8(6-10(11)16(18,19)20)23-14-13-9-2-1-3-12(9)24-15(13)22-7-21-14/h4-7H,1-3H2,(H,21,22,23). The first kappa shape index (κ1) is 15.7. The van der Waals surface area contributed by atoms with Gasteiger partial charge in [-0.3, -0.25) is 0 Å². The molecule has 1 aromatic carbocycles. The Morgan fingerprint density at radius 1 is 1.17 bits per heavy atom. The number of nitrogens with one attached hydrogen (secondary N) is 1. The molecule has 0 radical (unpaired) electrons. The second-order valence-electron chi connectivity index (χ2n) is 5.58. The molecule has 0 unspecified atom stereocenters. The van der Waals surface area contributed by atoms with Crippen LogP contribution in [0.15, 0.2) is 24.5 Å². The number of hydrogen-bond acceptors (Lipinski definition) is 4. The molecule has 0 atom stereocenters. The van der Waals surface area contributed by atoms with Gasteiger partial charge in [-0.25, -0.2) is 9.97 Å². The first-order valence-electron chi connectivity index (χ1n) is 7.32. The number of aromatic nitrogens is 2. The van der Waals surface area contributed by atoms with Crippen LogP contribution in [0.1, 0.15) is 22.4 Å². The van der Waals surface area contributed by atoms with E-state index in [1.54, 1.807) is 11.3 Å². The maximum absolute atomic E-state index is 13.0. The Bertz CT molecular complexity index is 936. The van der Waals surface area contributed by atoms with E-state index in [0.29, 0.717) is 11.5 Å². The number of nitrogens with zero attached hydrogens (tertiary/aromatic N) is 2. The maximum Gasteiger partial charge on any atom is 0.417 e. The van der Waals surface area contributed by atoms with Gasteiger partial charge in [0.25, 0.3) is 0 Å². The Kier molecular flexibility index (Phi) is 3.65. The molecular formula is C16H11ClF3N3S. The predicted molar refractivity (Wildman–Crippen MR) is 89.2 cm³/mol. The molecule has 3 aromatic rings. The minimum absolute atomic E-state index is 0.296. The Morgan fingerprint density at radius 3 is 2.79 bits per heavy atom. The van der Waals surface area contributed by atoms with Crippen molar-refractivity contribution in [2.24, 2.45) is 0 Å². The van der Waals surface area contributed by atoms with Crippen molar-refractivity contribution in [1.29, 1.82) is 0 Å². The van der Waals surface area contributed by atoms with Gasteiger partial charge < -0.3 is 5.32 Å². The fraction of sp³-hybridized carbons (Fsp3) is 0.250. The van der Waals surface area contributed by atoms with E-state index in [4.69, 9.17) is 11.6 Å². The van der Waals surface area contributed by atoms with Crippen molar-refractivity contribution in [3.8, 4) is 0 Å². The topological polar surface area (TPSA) is 37.8 Å². The summed E-state index contributed by atoms with van der Waals surface area (Å²) in [5, 5.41) is 3.59. The zero-order valence-corrected chi connectivity index (χ0v) is 13.8. The third-order valence-corrected chi connectivity index (χ3v) is 5.57. The van der Waals surface area contributed by atoms with Gasteiger partial charge in [0, 0.05) is 10.6 Å². The molecule has 0 saturated carbocycles. The van der Waals surface area contributed by atoms with Crippen LogP contribution in [0.25, 0.3) is 10.2 Å². The number of benzene rings is 1. The summed E-state index contributed by atoms with van der Waals surface area (Å²) in [7, 11) is 0. The van der Waals surface area contributed by atoms with Crippen LogP contribution in [0.2, 0.25) is 5.02 Å². The lowest BCUT2D eigenvalue weighted by Crippen LogP contribution is -2.07. The number of aryl methyl sites for hydroxylation is 2. The van der Waals surface area contributed by atoms with Crippen molar-refractivity contribution >= 4 is 44.7 Å². The minimum Gasteiger partial charge on any atom is -0.340 e.